The van der Waals surface area contributed by atoms with Crippen molar-refractivity contribution >= 4 is 38.9 Å². The second kappa shape index (κ2) is 5.04. The quantitative estimate of drug-likeness (QED) is 0.641. The monoisotopic (exact) mass is 336 g/mol. The number of thiophene rings is 1. The average molecular weight is 338 g/mol. The maximum absolute atomic E-state index is 13.6. The molecule has 2 rings (SSSR count). The summed E-state index contributed by atoms with van der Waals surface area (Å²) in [6.45, 7) is 1.90. The van der Waals surface area contributed by atoms with Gasteiger partial charge in [-0.25, -0.2) is 8.78 Å². The molecule has 0 spiro atoms. The first-order chi connectivity index (χ1) is 8.00. The Kier molecular flexibility index (Phi) is 3.85. The molecule has 0 bridgehead atoms. The number of alkyl halides is 1. The zero-order valence-corrected chi connectivity index (χ0v) is 12.0. The van der Waals surface area contributed by atoms with Crippen molar-refractivity contribution in [2.24, 2.45) is 0 Å². The Morgan fingerprint density at radius 3 is 2.59 bits per heavy atom. The second-order valence-corrected chi connectivity index (χ2v) is 6.64. The molecule has 0 N–H and O–H groups in total. The molecule has 0 amide bonds. The largest absolute Gasteiger partial charge is 0.204 e. The summed E-state index contributed by atoms with van der Waals surface area (Å²) in [6, 6.07) is 5.88. The fourth-order valence-electron chi connectivity index (χ4n) is 1.59. The molecular formula is C12H8BrClF2S. The van der Waals surface area contributed by atoms with Crippen molar-refractivity contribution in [2.75, 3.05) is 0 Å². The number of hydrogen-bond acceptors (Lipinski definition) is 1. The van der Waals surface area contributed by atoms with Crippen LogP contribution in [0, 0.1) is 18.6 Å². The maximum atomic E-state index is 13.6. The molecule has 0 saturated carbocycles. The van der Waals surface area contributed by atoms with E-state index in [1.807, 2.05) is 13.0 Å². The van der Waals surface area contributed by atoms with E-state index in [0.717, 1.165) is 20.3 Å². The molecule has 1 atom stereocenters. The highest BCUT2D eigenvalue weighted by Crippen LogP contribution is 2.38. The van der Waals surface area contributed by atoms with Crippen molar-refractivity contribution in [3.63, 3.8) is 0 Å². The molecular weight excluding hydrogens is 330 g/mol. The van der Waals surface area contributed by atoms with Crippen molar-refractivity contribution in [3.05, 3.63) is 55.7 Å². The Bertz CT molecular complexity index is 553. The Balaban J connectivity index is 2.47. The average Bonchev–Trinajstić information content (AvgIpc) is 2.61. The van der Waals surface area contributed by atoms with Gasteiger partial charge in [0.2, 0.25) is 0 Å². The number of benzene rings is 1. The molecule has 0 nitrogen and oxygen atoms in total. The molecule has 17 heavy (non-hydrogen) atoms. The van der Waals surface area contributed by atoms with Gasteiger partial charge in [-0.2, -0.15) is 0 Å². The molecule has 5 heteroatoms. The molecule has 2 aromatic rings. The van der Waals surface area contributed by atoms with Crippen LogP contribution in [-0.4, -0.2) is 0 Å². The van der Waals surface area contributed by atoms with Gasteiger partial charge in [0.25, 0.3) is 0 Å². The predicted octanol–water partition coefficient (Wildman–Crippen LogP) is 5.43. The van der Waals surface area contributed by atoms with E-state index in [0.29, 0.717) is 0 Å². The highest BCUT2D eigenvalue weighted by atomic mass is 79.9. The summed E-state index contributed by atoms with van der Waals surface area (Å²) in [7, 11) is 0. The number of aryl methyl sites for hydroxylation is 1. The molecule has 0 aliphatic rings. The first kappa shape index (κ1) is 13.0. The molecule has 0 aliphatic heterocycles. The zero-order valence-electron chi connectivity index (χ0n) is 8.81. The fourth-order valence-corrected chi connectivity index (χ4v) is 3.80. The molecule has 0 saturated heterocycles. The standard InChI is InChI=1S/C12H8BrClF2S/c1-6-8(5-10(13)17-6)11(14)7-3-2-4-9(15)12(7)16/h2-5,11H,1H3. The normalized spacial score (nSPS) is 12.8. The van der Waals surface area contributed by atoms with Gasteiger partial charge in [-0.1, -0.05) is 12.1 Å². The second-order valence-electron chi connectivity index (χ2n) is 3.57. The maximum Gasteiger partial charge on any atom is 0.163 e. The predicted molar refractivity (Wildman–Crippen MR) is 70.8 cm³/mol. The highest BCUT2D eigenvalue weighted by molar-refractivity contribution is 9.11. The summed E-state index contributed by atoms with van der Waals surface area (Å²) in [5, 5.41) is -0.673. The van der Waals surface area contributed by atoms with Crippen molar-refractivity contribution in [3.8, 4) is 0 Å². The summed E-state index contributed by atoms with van der Waals surface area (Å²) >= 11 is 11.1. The summed E-state index contributed by atoms with van der Waals surface area (Å²) < 4.78 is 27.7. The third-order valence-corrected chi connectivity index (χ3v) is 4.49. The van der Waals surface area contributed by atoms with Gasteiger partial charge in [0.15, 0.2) is 11.6 Å². The van der Waals surface area contributed by atoms with Gasteiger partial charge in [0.05, 0.1) is 9.16 Å². The summed E-state index contributed by atoms with van der Waals surface area (Å²) in [4.78, 5) is 0.987. The minimum atomic E-state index is -0.880. The van der Waals surface area contributed by atoms with Crippen LogP contribution < -0.4 is 0 Å². The van der Waals surface area contributed by atoms with Gasteiger partial charge >= 0.3 is 0 Å². The van der Waals surface area contributed by atoms with Gasteiger partial charge in [-0.3, -0.25) is 0 Å². The van der Waals surface area contributed by atoms with E-state index < -0.39 is 17.0 Å². The van der Waals surface area contributed by atoms with Crippen LogP contribution in [0.1, 0.15) is 21.4 Å². The van der Waals surface area contributed by atoms with E-state index in [1.54, 1.807) is 0 Å². The van der Waals surface area contributed by atoms with Crippen LogP contribution in [0.3, 0.4) is 0 Å². The number of halogens is 4. The Labute approximate surface area is 115 Å². The van der Waals surface area contributed by atoms with Gasteiger partial charge in [0.1, 0.15) is 0 Å². The molecule has 1 unspecified atom stereocenters. The van der Waals surface area contributed by atoms with E-state index in [4.69, 9.17) is 11.6 Å². The summed E-state index contributed by atoms with van der Waals surface area (Å²) in [5.41, 5.74) is 0.966. The lowest BCUT2D eigenvalue weighted by molar-refractivity contribution is 0.500. The molecule has 0 fully saturated rings. The Morgan fingerprint density at radius 1 is 1.29 bits per heavy atom. The third kappa shape index (κ3) is 2.54. The number of hydrogen-bond donors (Lipinski definition) is 0. The van der Waals surface area contributed by atoms with Crippen LogP contribution >= 0.6 is 38.9 Å². The first-order valence-corrected chi connectivity index (χ1v) is 6.89. The third-order valence-electron chi connectivity index (χ3n) is 2.45. The highest BCUT2D eigenvalue weighted by Gasteiger charge is 2.20. The Hall–Kier alpha value is -0.450. The lowest BCUT2D eigenvalue weighted by atomic mass is 10.0. The van der Waals surface area contributed by atoms with Crippen LogP contribution in [-0.2, 0) is 0 Å². The molecule has 1 aromatic carbocycles. The van der Waals surface area contributed by atoms with Crippen LogP contribution in [0.15, 0.2) is 28.1 Å². The van der Waals surface area contributed by atoms with Gasteiger partial charge < -0.3 is 0 Å². The summed E-state index contributed by atoms with van der Waals surface area (Å²) in [6.07, 6.45) is 0. The van der Waals surface area contributed by atoms with Gasteiger partial charge in [0, 0.05) is 10.4 Å². The van der Waals surface area contributed by atoms with Crippen molar-refractivity contribution in [2.45, 2.75) is 12.3 Å². The van der Waals surface area contributed by atoms with E-state index in [1.165, 1.54) is 23.5 Å². The minimum Gasteiger partial charge on any atom is -0.204 e. The van der Waals surface area contributed by atoms with E-state index in [2.05, 4.69) is 15.9 Å². The number of rotatable bonds is 2. The van der Waals surface area contributed by atoms with Gasteiger partial charge in [-0.05, 0) is 40.5 Å². The summed E-state index contributed by atoms with van der Waals surface area (Å²) in [5.74, 6) is -1.76. The molecule has 1 heterocycles. The van der Waals surface area contributed by atoms with Crippen molar-refractivity contribution < 1.29 is 8.78 Å². The molecule has 0 aliphatic carbocycles. The topological polar surface area (TPSA) is 0 Å². The zero-order chi connectivity index (χ0) is 12.6. The van der Waals surface area contributed by atoms with Crippen molar-refractivity contribution in [1.82, 2.24) is 0 Å². The van der Waals surface area contributed by atoms with Crippen LogP contribution in [0.5, 0.6) is 0 Å². The van der Waals surface area contributed by atoms with E-state index >= 15 is 0 Å². The van der Waals surface area contributed by atoms with Gasteiger partial charge in [-0.15, -0.1) is 22.9 Å². The Morgan fingerprint density at radius 2 is 2.00 bits per heavy atom. The van der Waals surface area contributed by atoms with E-state index in [9.17, 15) is 8.78 Å². The molecule has 90 valence electrons. The molecule has 0 radical (unpaired) electrons. The van der Waals surface area contributed by atoms with Crippen molar-refractivity contribution in [1.29, 1.82) is 0 Å². The lowest BCUT2D eigenvalue weighted by Crippen LogP contribution is -1.99. The van der Waals surface area contributed by atoms with E-state index in [-0.39, 0.29) is 5.56 Å². The van der Waals surface area contributed by atoms with Crippen LogP contribution in [0.2, 0.25) is 0 Å². The smallest absolute Gasteiger partial charge is 0.163 e. The molecule has 1 aromatic heterocycles. The first-order valence-electron chi connectivity index (χ1n) is 4.84. The SMILES string of the molecule is Cc1sc(Br)cc1C(Cl)c1cccc(F)c1F. The fraction of sp³-hybridized carbons (Fsp3) is 0.167. The lowest BCUT2D eigenvalue weighted by Gasteiger charge is -2.11. The van der Waals surface area contributed by atoms with Crippen LogP contribution in [0.4, 0.5) is 8.78 Å². The van der Waals surface area contributed by atoms with Crippen LogP contribution in [0.25, 0.3) is 0 Å². The minimum absolute atomic E-state index is 0.167.